The molecule has 0 bridgehead atoms. The van der Waals surface area contributed by atoms with Crippen LogP contribution in [0.25, 0.3) is 0 Å². The van der Waals surface area contributed by atoms with Crippen molar-refractivity contribution in [1.29, 1.82) is 0 Å². The second-order valence-electron chi connectivity index (χ2n) is 5.60. The number of hydrogen-bond donors (Lipinski definition) is 2. The van der Waals surface area contributed by atoms with E-state index in [1.807, 2.05) is 0 Å². The van der Waals surface area contributed by atoms with E-state index in [1.165, 1.54) is 6.92 Å². The van der Waals surface area contributed by atoms with Crippen molar-refractivity contribution < 1.29 is 18.0 Å². The molecule has 0 aromatic carbocycles. The second kappa shape index (κ2) is 4.72. The first-order valence-corrected chi connectivity index (χ1v) is 6.40. The third-order valence-electron chi connectivity index (χ3n) is 4.03. The Hall–Kier alpha value is -0.780. The van der Waals surface area contributed by atoms with Gasteiger partial charge in [-0.3, -0.25) is 4.79 Å². The molecule has 0 aromatic rings. The van der Waals surface area contributed by atoms with E-state index in [9.17, 15) is 18.0 Å². The van der Waals surface area contributed by atoms with Gasteiger partial charge >= 0.3 is 6.18 Å². The molecule has 2 aliphatic rings. The van der Waals surface area contributed by atoms with Crippen LogP contribution in [0.5, 0.6) is 0 Å². The van der Waals surface area contributed by atoms with Crippen LogP contribution in [0.15, 0.2) is 0 Å². The van der Waals surface area contributed by atoms with E-state index < -0.39 is 18.6 Å². The standard InChI is InChI=1S/C12H19F3N2O/c1-8(6-12(13,14)15)17-10(18)9-7-11(9)2-4-16-5-3-11/h8-9,16H,2-7H2,1H3,(H,17,18). The predicted molar refractivity (Wildman–Crippen MR) is 60.9 cm³/mol. The highest BCUT2D eigenvalue weighted by Crippen LogP contribution is 2.58. The van der Waals surface area contributed by atoms with Crippen molar-refractivity contribution in [2.24, 2.45) is 11.3 Å². The maximum absolute atomic E-state index is 12.2. The van der Waals surface area contributed by atoms with Gasteiger partial charge < -0.3 is 10.6 Å². The zero-order valence-corrected chi connectivity index (χ0v) is 10.4. The molecule has 6 heteroatoms. The van der Waals surface area contributed by atoms with Crippen molar-refractivity contribution in [3.8, 4) is 0 Å². The van der Waals surface area contributed by atoms with Gasteiger partial charge in [0.1, 0.15) is 0 Å². The van der Waals surface area contributed by atoms with Gasteiger partial charge in [-0.25, -0.2) is 0 Å². The molecule has 0 aromatic heterocycles. The smallest absolute Gasteiger partial charge is 0.353 e. The number of amides is 1. The highest BCUT2D eigenvalue weighted by molar-refractivity contribution is 5.82. The third-order valence-corrected chi connectivity index (χ3v) is 4.03. The summed E-state index contributed by atoms with van der Waals surface area (Å²) in [5.74, 6) is -0.274. The van der Waals surface area contributed by atoms with E-state index in [-0.39, 0.29) is 17.2 Å². The average Bonchev–Trinajstić information content (AvgIpc) is 2.90. The summed E-state index contributed by atoms with van der Waals surface area (Å²) >= 11 is 0. The summed E-state index contributed by atoms with van der Waals surface area (Å²) in [6, 6.07) is -0.836. The van der Waals surface area contributed by atoms with E-state index in [0.29, 0.717) is 0 Å². The monoisotopic (exact) mass is 264 g/mol. The van der Waals surface area contributed by atoms with Crippen LogP contribution in [0.4, 0.5) is 13.2 Å². The Labute approximate surface area is 104 Å². The summed E-state index contributed by atoms with van der Waals surface area (Å²) in [7, 11) is 0. The summed E-state index contributed by atoms with van der Waals surface area (Å²) in [4.78, 5) is 11.9. The maximum Gasteiger partial charge on any atom is 0.391 e. The number of rotatable bonds is 3. The normalized spacial score (nSPS) is 27.9. The second-order valence-corrected chi connectivity index (χ2v) is 5.60. The van der Waals surface area contributed by atoms with Gasteiger partial charge in [-0.2, -0.15) is 13.2 Å². The maximum atomic E-state index is 12.2. The van der Waals surface area contributed by atoms with Crippen molar-refractivity contribution in [2.75, 3.05) is 13.1 Å². The van der Waals surface area contributed by atoms with Gasteiger partial charge in [-0.1, -0.05) is 0 Å². The Morgan fingerprint density at radius 1 is 1.44 bits per heavy atom. The lowest BCUT2D eigenvalue weighted by molar-refractivity contribution is -0.141. The quantitative estimate of drug-likeness (QED) is 0.816. The number of carbonyl (C=O) groups excluding carboxylic acids is 1. The lowest BCUT2D eigenvalue weighted by Gasteiger charge is -2.24. The molecule has 1 spiro atoms. The van der Waals surface area contributed by atoms with Crippen molar-refractivity contribution in [2.45, 2.75) is 44.8 Å². The first kappa shape index (κ1) is 13.6. The van der Waals surface area contributed by atoms with E-state index >= 15 is 0 Å². The summed E-state index contributed by atoms with van der Waals surface area (Å²) in [6.07, 6.45) is -2.43. The third kappa shape index (κ3) is 3.16. The molecule has 0 radical (unpaired) electrons. The van der Waals surface area contributed by atoms with Crippen LogP contribution in [-0.2, 0) is 4.79 Å². The number of alkyl halides is 3. The molecule has 1 saturated heterocycles. The highest BCUT2D eigenvalue weighted by Gasteiger charge is 2.57. The van der Waals surface area contributed by atoms with Gasteiger partial charge in [-0.05, 0) is 44.7 Å². The molecule has 2 fully saturated rings. The van der Waals surface area contributed by atoms with Crippen LogP contribution >= 0.6 is 0 Å². The fourth-order valence-corrected chi connectivity index (χ4v) is 2.94. The molecule has 1 aliphatic carbocycles. The molecule has 1 aliphatic heterocycles. The molecule has 2 unspecified atom stereocenters. The molecule has 104 valence electrons. The molecular weight excluding hydrogens is 245 g/mol. The zero-order chi connectivity index (χ0) is 13.4. The SMILES string of the molecule is CC(CC(F)(F)F)NC(=O)C1CC12CCNCC2. The van der Waals surface area contributed by atoms with Crippen LogP contribution in [-0.4, -0.2) is 31.2 Å². The first-order chi connectivity index (χ1) is 8.32. The predicted octanol–water partition coefficient (Wildman–Crippen LogP) is 1.83. The van der Waals surface area contributed by atoms with E-state index in [4.69, 9.17) is 0 Å². The van der Waals surface area contributed by atoms with E-state index in [2.05, 4.69) is 10.6 Å². The molecule has 2 rings (SSSR count). The number of halogens is 3. The zero-order valence-electron chi connectivity index (χ0n) is 10.4. The van der Waals surface area contributed by atoms with Gasteiger partial charge in [0.05, 0.1) is 6.42 Å². The Morgan fingerprint density at radius 3 is 2.61 bits per heavy atom. The summed E-state index contributed by atoms with van der Waals surface area (Å²) in [5, 5.41) is 5.72. The largest absolute Gasteiger partial charge is 0.391 e. The minimum Gasteiger partial charge on any atom is -0.353 e. The van der Waals surface area contributed by atoms with Crippen molar-refractivity contribution in [3.63, 3.8) is 0 Å². The van der Waals surface area contributed by atoms with Crippen molar-refractivity contribution >= 4 is 5.91 Å². The Balaban J connectivity index is 1.79. The lowest BCUT2D eigenvalue weighted by Crippen LogP contribution is -2.39. The number of piperidine rings is 1. The van der Waals surface area contributed by atoms with E-state index in [1.54, 1.807) is 0 Å². The summed E-state index contributed by atoms with van der Waals surface area (Å²) in [6.45, 7) is 3.21. The van der Waals surface area contributed by atoms with Crippen LogP contribution in [0.1, 0.15) is 32.6 Å². The fraction of sp³-hybridized carbons (Fsp3) is 0.917. The molecule has 1 amide bonds. The van der Waals surface area contributed by atoms with Crippen LogP contribution in [0.2, 0.25) is 0 Å². The number of hydrogen-bond acceptors (Lipinski definition) is 2. The summed E-state index contributed by atoms with van der Waals surface area (Å²) in [5.41, 5.74) is 0.0767. The van der Waals surface area contributed by atoms with Gasteiger partial charge in [0.2, 0.25) is 5.91 Å². The average molecular weight is 264 g/mol. The van der Waals surface area contributed by atoms with Gasteiger partial charge in [-0.15, -0.1) is 0 Å². The topological polar surface area (TPSA) is 41.1 Å². The van der Waals surface area contributed by atoms with Gasteiger partial charge in [0.25, 0.3) is 0 Å². The molecule has 18 heavy (non-hydrogen) atoms. The first-order valence-electron chi connectivity index (χ1n) is 6.40. The molecule has 3 nitrogen and oxygen atoms in total. The molecule has 1 saturated carbocycles. The minimum atomic E-state index is -4.22. The molecule has 1 heterocycles. The minimum absolute atomic E-state index is 0.0738. The highest BCUT2D eigenvalue weighted by atomic mass is 19.4. The van der Waals surface area contributed by atoms with Crippen LogP contribution in [0, 0.1) is 11.3 Å². The summed E-state index contributed by atoms with van der Waals surface area (Å²) < 4.78 is 36.5. The molecular formula is C12H19F3N2O. The lowest BCUT2D eigenvalue weighted by atomic mass is 9.91. The number of nitrogens with one attached hydrogen (secondary N) is 2. The Morgan fingerprint density at radius 2 is 2.06 bits per heavy atom. The van der Waals surface area contributed by atoms with Crippen LogP contribution in [0.3, 0.4) is 0 Å². The van der Waals surface area contributed by atoms with Gasteiger partial charge in [0, 0.05) is 12.0 Å². The molecule has 2 N–H and O–H groups in total. The Bertz CT molecular complexity index is 324. The van der Waals surface area contributed by atoms with E-state index in [0.717, 1.165) is 32.4 Å². The molecule has 2 atom stereocenters. The fourth-order valence-electron chi connectivity index (χ4n) is 2.94. The van der Waals surface area contributed by atoms with Crippen molar-refractivity contribution in [3.05, 3.63) is 0 Å². The van der Waals surface area contributed by atoms with Gasteiger partial charge in [0.15, 0.2) is 0 Å². The Kier molecular flexibility index (Phi) is 3.58. The van der Waals surface area contributed by atoms with Crippen LogP contribution < -0.4 is 10.6 Å². The van der Waals surface area contributed by atoms with Crippen molar-refractivity contribution in [1.82, 2.24) is 10.6 Å². The number of carbonyl (C=O) groups is 1.